The molecule has 1 rings (SSSR count). The zero-order chi connectivity index (χ0) is 10.0. The maximum Gasteiger partial charge on any atom is 0.265 e. The van der Waals surface area contributed by atoms with Crippen molar-refractivity contribution in [2.75, 3.05) is 7.11 Å². The lowest BCUT2D eigenvalue weighted by molar-refractivity contribution is 0.150. The van der Waals surface area contributed by atoms with Gasteiger partial charge in [-0.05, 0) is 40.5 Å². The lowest BCUT2D eigenvalue weighted by atomic mass is 10.1. The molecule has 13 heavy (non-hydrogen) atoms. The molecule has 0 unspecified atom stereocenters. The molecule has 72 valence electrons. The molecule has 0 N–H and O–H groups in total. The highest BCUT2D eigenvalue weighted by Gasteiger charge is 2.15. The number of hydrogen-bond acceptors (Lipinski definition) is 1. The van der Waals surface area contributed by atoms with Gasteiger partial charge in [0.2, 0.25) is 0 Å². The van der Waals surface area contributed by atoms with E-state index in [9.17, 15) is 8.78 Å². The summed E-state index contributed by atoms with van der Waals surface area (Å²) in [5.74, 6) is 0.440. The van der Waals surface area contributed by atoms with E-state index in [1.165, 1.54) is 13.2 Å². The molecule has 0 radical (unpaired) electrons. The van der Waals surface area contributed by atoms with Gasteiger partial charge in [-0.3, -0.25) is 0 Å². The third kappa shape index (κ3) is 2.18. The van der Waals surface area contributed by atoms with Crippen LogP contribution < -0.4 is 4.74 Å². The highest BCUT2D eigenvalue weighted by molar-refractivity contribution is 9.10. The first-order valence-corrected chi connectivity index (χ1v) is 4.47. The number of halogens is 3. The van der Waals surface area contributed by atoms with Crippen molar-refractivity contribution in [3.05, 3.63) is 27.7 Å². The first-order valence-electron chi connectivity index (χ1n) is 3.68. The first kappa shape index (κ1) is 10.4. The van der Waals surface area contributed by atoms with Crippen molar-refractivity contribution in [2.45, 2.75) is 13.3 Å². The van der Waals surface area contributed by atoms with Gasteiger partial charge in [-0.2, -0.15) is 0 Å². The molecular weight excluding hydrogens is 242 g/mol. The fourth-order valence-corrected chi connectivity index (χ4v) is 1.63. The molecule has 0 spiro atoms. The molecule has 0 aromatic heterocycles. The monoisotopic (exact) mass is 250 g/mol. The molecule has 0 fully saturated rings. The summed E-state index contributed by atoms with van der Waals surface area (Å²) in [6.07, 6.45) is -2.48. The van der Waals surface area contributed by atoms with Gasteiger partial charge < -0.3 is 4.74 Å². The minimum absolute atomic E-state index is 0.0307. The highest BCUT2D eigenvalue weighted by Crippen LogP contribution is 2.35. The quantitative estimate of drug-likeness (QED) is 0.778. The zero-order valence-electron chi connectivity index (χ0n) is 7.27. The van der Waals surface area contributed by atoms with Crippen LogP contribution in [0.1, 0.15) is 17.6 Å². The number of alkyl halides is 2. The predicted octanol–water partition coefficient (Wildman–Crippen LogP) is 3.70. The summed E-state index contributed by atoms with van der Waals surface area (Å²) in [6.45, 7) is 1.75. The molecule has 0 aliphatic heterocycles. The van der Waals surface area contributed by atoms with E-state index in [0.29, 0.717) is 10.2 Å². The zero-order valence-corrected chi connectivity index (χ0v) is 8.86. The minimum Gasteiger partial charge on any atom is -0.496 e. The van der Waals surface area contributed by atoms with Crippen molar-refractivity contribution >= 4 is 15.9 Å². The summed E-state index contributed by atoms with van der Waals surface area (Å²) in [4.78, 5) is 0. The average molecular weight is 251 g/mol. The van der Waals surface area contributed by atoms with E-state index >= 15 is 0 Å². The SMILES string of the molecule is COc1cc(C)cc(C(F)F)c1Br. The lowest BCUT2D eigenvalue weighted by Gasteiger charge is -2.09. The second-order valence-corrected chi connectivity index (χ2v) is 3.46. The van der Waals surface area contributed by atoms with Crippen LogP contribution in [0.15, 0.2) is 16.6 Å². The Balaban J connectivity index is 3.27. The second-order valence-electron chi connectivity index (χ2n) is 2.67. The second kappa shape index (κ2) is 4.05. The maximum absolute atomic E-state index is 12.4. The number of benzene rings is 1. The molecule has 0 bridgehead atoms. The van der Waals surface area contributed by atoms with Crippen LogP contribution in [-0.2, 0) is 0 Å². The highest BCUT2D eigenvalue weighted by atomic mass is 79.9. The molecular formula is C9H9BrF2O. The third-order valence-electron chi connectivity index (χ3n) is 1.67. The topological polar surface area (TPSA) is 9.23 Å². The first-order chi connectivity index (χ1) is 6.06. The molecule has 0 aliphatic rings. The van der Waals surface area contributed by atoms with E-state index in [4.69, 9.17) is 4.74 Å². The lowest BCUT2D eigenvalue weighted by Crippen LogP contribution is -1.92. The molecule has 1 aromatic carbocycles. The summed E-state index contributed by atoms with van der Waals surface area (Å²) >= 11 is 3.07. The Labute approximate surface area is 83.8 Å². The summed E-state index contributed by atoms with van der Waals surface area (Å²) in [7, 11) is 1.45. The van der Waals surface area contributed by atoms with Crippen LogP contribution in [-0.4, -0.2) is 7.11 Å². The van der Waals surface area contributed by atoms with Crippen molar-refractivity contribution in [1.82, 2.24) is 0 Å². The molecule has 0 amide bonds. The van der Waals surface area contributed by atoms with Crippen LogP contribution in [0.4, 0.5) is 8.78 Å². The molecule has 0 atom stereocenters. The Morgan fingerprint density at radius 1 is 1.38 bits per heavy atom. The van der Waals surface area contributed by atoms with E-state index in [-0.39, 0.29) is 5.56 Å². The van der Waals surface area contributed by atoms with Gasteiger partial charge in [0, 0.05) is 5.56 Å². The van der Waals surface area contributed by atoms with E-state index in [1.807, 2.05) is 0 Å². The summed E-state index contributed by atoms with van der Waals surface area (Å²) in [5.41, 5.74) is 0.729. The number of methoxy groups -OCH3 is 1. The molecule has 0 heterocycles. The van der Waals surface area contributed by atoms with Crippen molar-refractivity contribution in [3.63, 3.8) is 0 Å². The van der Waals surface area contributed by atoms with Gasteiger partial charge in [0.1, 0.15) is 5.75 Å². The molecule has 0 saturated heterocycles. The van der Waals surface area contributed by atoms with Gasteiger partial charge in [0.25, 0.3) is 6.43 Å². The predicted molar refractivity (Wildman–Crippen MR) is 50.4 cm³/mol. The van der Waals surface area contributed by atoms with Crippen LogP contribution in [0.2, 0.25) is 0 Å². The Kier molecular flexibility index (Phi) is 3.25. The standard InChI is InChI=1S/C9H9BrF2O/c1-5-3-6(9(11)12)8(10)7(4-5)13-2/h3-4,9H,1-2H3. The van der Waals surface area contributed by atoms with E-state index in [2.05, 4.69) is 15.9 Å². The summed E-state index contributed by atoms with van der Waals surface area (Å²) in [5, 5.41) is 0. The Morgan fingerprint density at radius 3 is 2.46 bits per heavy atom. The van der Waals surface area contributed by atoms with Crippen LogP contribution >= 0.6 is 15.9 Å². The van der Waals surface area contributed by atoms with E-state index < -0.39 is 6.43 Å². The summed E-state index contributed by atoms with van der Waals surface area (Å²) < 4.78 is 30.1. The van der Waals surface area contributed by atoms with Gasteiger partial charge in [-0.1, -0.05) is 0 Å². The normalized spacial score (nSPS) is 10.6. The minimum atomic E-state index is -2.48. The van der Waals surface area contributed by atoms with Crippen LogP contribution in [0.3, 0.4) is 0 Å². The largest absolute Gasteiger partial charge is 0.496 e. The maximum atomic E-state index is 12.4. The van der Waals surface area contributed by atoms with Crippen molar-refractivity contribution in [2.24, 2.45) is 0 Å². The number of rotatable bonds is 2. The van der Waals surface area contributed by atoms with Crippen LogP contribution in [0.25, 0.3) is 0 Å². The smallest absolute Gasteiger partial charge is 0.265 e. The molecule has 0 saturated carbocycles. The number of aryl methyl sites for hydroxylation is 1. The fraction of sp³-hybridized carbons (Fsp3) is 0.333. The van der Waals surface area contributed by atoms with Gasteiger partial charge in [0.05, 0.1) is 11.6 Å². The van der Waals surface area contributed by atoms with Gasteiger partial charge in [-0.15, -0.1) is 0 Å². The van der Waals surface area contributed by atoms with Crippen LogP contribution in [0.5, 0.6) is 5.75 Å². The summed E-state index contributed by atoms with van der Waals surface area (Å²) in [6, 6.07) is 3.15. The molecule has 1 nitrogen and oxygen atoms in total. The van der Waals surface area contributed by atoms with Gasteiger partial charge in [-0.25, -0.2) is 8.78 Å². The van der Waals surface area contributed by atoms with E-state index in [0.717, 1.165) is 5.56 Å². The molecule has 0 aliphatic carbocycles. The van der Waals surface area contributed by atoms with Crippen molar-refractivity contribution in [1.29, 1.82) is 0 Å². The number of ether oxygens (including phenoxy) is 1. The van der Waals surface area contributed by atoms with Gasteiger partial charge in [0.15, 0.2) is 0 Å². The fourth-order valence-electron chi connectivity index (χ4n) is 1.07. The van der Waals surface area contributed by atoms with E-state index in [1.54, 1.807) is 13.0 Å². The number of hydrogen-bond donors (Lipinski definition) is 0. The van der Waals surface area contributed by atoms with Crippen molar-refractivity contribution < 1.29 is 13.5 Å². The molecule has 4 heteroatoms. The Morgan fingerprint density at radius 2 is 2.00 bits per heavy atom. The van der Waals surface area contributed by atoms with Crippen molar-refractivity contribution in [3.8, 4) is 5.75 Å². The van der Waals surface area contributed by atoms with Gasteiger partial charge >= 0.3 is 0 Å². The Bertz CT molecular complexity index is 313. The average Bonchev–Trinajstić information content (AvgIpc) is 2.08. The van der Waals surface area contributed by atoms with Crippen LogP contribution in [0, 0.1) is 6.92 Å². The Hall–Kier alpha value is -0.640. The third-order valence-corrected chi connectivity index (χ3v) is 2.52. The molecule has 1 aromatic rings.